The number of ether oxygens (including phenoxy) is 2. The highest BCUT2D eigenvalue weighted by Crippen LogP contribution is 2.39. The summed E-state index contributed by atoms with van der Waals surface area (Å²) in [4.78, 5) is 23.5. The molecule has 1 aliphatic rings. The van der Waals surface area contributed by atoms with Crippen LogP contribution in [0.25, 0.3) is 0 Å². The largest absolute Gasteiger partial charge is 0.482 e. The average Bonchev–Trinajstić information content (AvgIpc) is 3.37. The predicted octanol–water partition coefficient (Wildman–Crippen LogP) is 2.03. The number of benzene rings is 1. The van der Waals surface area contributed by atoms with E-state index in [9.17, 15) is 14.9 Å². The fraction of sp³-hybridized carbons (Fsp3) is 0.500. The minimum Gasteiger partial charge on any atom is -0.482 e. The number of esters is 1. The number of hydrogen-bond acceptors (Lipinski definition) is 5. The maximum absolute atomic E-state index is 11.8. The second-order valence-corrected chi connectivity index (χ2v) is 6.35. The van der Waals surface area contributed by atoms with Crippen LogP contribution in [-0.2, 0) is 14.3 Å². The van der Waals surface area contributed by atoms with Gasteiger partial charge in [-0.1, -0.05) is 17.7 Å². The molecule has 1 amide bonds. The van der Waals surface area contributed by atoms with Crippen molar-refractivity contribution in [3.8, 4) is 11.8 Å². The summed E-state index contributed by atoms with van der Waals surface area (Å²) in [5.41, 5.74) is 1.14. The lowest BCUT2D eigenvalue weighted by Crippen LogP contribution is -2.48. The van der Waals surface area contributed by atoms with Gasteiger partial charge in [-0.25, -0.2) is 4.79 Å². The van der Waals surface area contributed by atoms with Crippen molar-refractivity contribution >= 4 is 11.9 Å². The van der Waals surface area contributed by atoms with E-state index >= 15 is 0 Å². The van der Waals surface area contributed by atoms with Crippen LogP contribution in [0, 0.1) is 31.1 Å². The molecule has 6 heteroatoms. The van der Waals surface area contributed by atoms with E-state index in [1.165, 1.54) is 0 Å². The molecule has 2 rings (SSSR count). The van der Waals surface area contributed by atoms with E-state index in [2.05, 4.69) is 11.4 Å². The molecule has 128 valence electrons. The molecule has 0 aromatic heterocycles. The Hall–Kier alpha value is -2.55. The van der Waals surface area contributed by atoms with Crippen LogP contribution in [-0.4, -0.2) is 30.6 Å². The molecule has 0 bridgehead atoms. The van der Waals surface area contributed by atoms with Crippen molar-refractivity contribution in [1.29, 1.82) is 5.26 Å². The third-order valence-corrected chi connectivity index (χ3v) is 4.07. The van der Waals surface area contributed by atoms with Crippen molar-refractivity contribution in [2.24, 2.45) is 5.92 Å². The van der Waals surface area contributed by atoms with E-state index in [1.807, 2.05) is 26.0 Å². The number of carbonyl (C=O) groups is 2. The Labute approximate surface area is 141 Å². The van der Waals surface area contributed by atoms with Crippen LogP contribution in [0.5, 0.6) is 5.75 Å². The van der Waals surface area contributed by atoms with Gasteiger partial charge in [0.2, 0.25) is 0 Å². The summed E-state index contributed by atoms with van der Waals surface area (Å²) in [5, 5.41) is 11.8. The van der Waals surface area contributed by atoms with E-state index in [0.29, 0.717) is 5.75 Å². The topological polar surface area (TPSA) is 88.4 Å². The van der Waals surface area contributed by atoms with Crippen LogP contribution in [0.15, 0.2) is 18.2 Å². The Balaban J connectivity index is 1.74. The molecule has 0 spiro atoms. The smallest absolute Gasteiger partial charge is 0.344 e. The molecule has 24 heavy (non-hydrogen) atoms. The van der Waals surface area contributed by atoms with Gasteiger partial charge < -0.3 is 14.8 Å². The highest BCUT2D eigenvalue weighted by molar-refractivity contribution is 5.81. The van der Waals surface area contributed by atoms with Gasteiger partial charge in [0.15, 0.2) is 13.2 Å². The normalized spacial score (nSPS) is 15.8. The Morgan fingerprint density at radius 2 is 2.04 bits per heavy atom. The maximum atomic E-state index is 11.8. The van der Waals surface area contributed by atoms with Gasteiger partial charge in [0, 0.05) is 0 Å². The van der Waals surface area contributed by atoms with E-state index in [-0.39, 0.29) is 12.5 Å². The minimum atomic E-state index is -0.890. The van der Waals surface area contributed by atoms with Crippen molar-refractivity contribution in [3.05, 3.63) is 29.3 Å². The third-order valence-electron chi connectivity index (χ3n) is 4.07. The van der Waals surface area contributed by atoms with Crippen LogP contribution < -0.4 is 10.1 Å². The first-order valence-corrected chi connectivity index (χ1v) is 7.92. The van der Waals surface area contributed by atoms with Crippen molar-refractivity contribution in [3.63, 3.8) is 0 Å². The van der Waals surface area contributed by atoms with E-state index < -0.39 is 24.0 Å². The fourth-order valence-corrected chi connectivity index (χ4v) is 2.49. The number of amides is 1. The van der Waals surface area contributed by atoms with E-state index in [0.717, 1.165) is 24.0 Å². The molecule has 1 N–H and O–H groups in total. The summed E-state index contributed by atoms with van der Waals surface area (Å²) >= 11 is 0. The lowest BCUT2D eigenvalue weighted by atomic mass is 9.98. The average molecular weight is 330 g/mol. The first-order chi connectivity index (χ1) is 11.3. The first-order valence-electron chi connectivity index (χ1n) is 7.92. The molecule has 0 unspecified atom stereocenters. The summed E-state index contributed by atoms with van der Waals surface area (Å²) < 4.78 is 10.3. The number of nitrogens with zero attached hydrogens (tertiary/aromatic N) is 1. The lowest BCUT2D eigenvalue weighted by molar-refractivity contribution is -0.150. The Morgan fingerprint density at radius 3 is 2.62 bits per heavy atom. The number of carbonyl (C=O) groups excluding carboxylic acids is 2. The van der Waals surface area contributed by atoms with Gasteiger partial charge in [-0.05, 0) is 51.2 Å². The molecule has 6 nitrogen and oxygen atoms in total. The number of nitrogens with one attached hydrogen (secondary N) is 1. The summed E-state index contributed by atoms with van der Waals surface area (Å²) in [5.74, 6) is -0.330. The molecular formula is C18H22N2O4. The second-order valence-electron chi connectivity index (χ2n) is 6.35. The van der Waals surface area contributed by atoms with Crippen molar-refractivity contribution in [2.45, 2.75) is 39.2 Å². The molecule has 1 aromatic carbocycles. The number of aryl methyl sites for hydroxylation is 2. The van der Waals surface area contributed by atoms with Crippen LogP contribution in [0.3, 0.4) is 0 Å². The number of nitriles is 1. The Kier molecular flexibility index (Phi) is 5.45. The number of rotatable bonds is 7. The summed E-state index contributed by atoms with van der Waals surface area (Å²) in [6.45, 7) is 4.87. The zero-order valence-electron chi connectivity index (χ0n) is 14.2. The van der Waals surface area contributed by atoms with Crippen molar-refractivity contribution in [2.75, 3.05) is 13.2 Å². The fourth-order valence-electron chi connectivity index (χ4n) is 2.49. The van der Waals surface area contributed by atoms with Crippen molar-refractivity contribution in [1.82, 2.24) is 5.32 Å². The van der Waals surface area contributed by atoms with E-state index in [4.69, 9.17) is 9.47 Å². The van der Waals surface area contributed by atoms with Crippen LogP contribution in [0.4, 0.5) is 0 Å². The minimum absolute atomic E-state index is 0.176. The molecular weight excluding hydrogens is 308 g/mol. The van der Waals surface area contributed by atoms with Crippen LogP contribution >= 0.6 is 0 Å². The maximum Gasteiger partial charge on any atom is 0.344 e. The third kappa shape index (κ3) is 4.72. The molecule has 0 heterocycles. The number of hydrogen-bond donors (Lipinski definition) is 1. The van der Waals surface area contributed by atoms with Crippen LogP contribution in [0.1, 0.15) is 30.9 Å². The highest BCUT2D eigenvalue weighted by Gasteiger charge is 2.43. The predicted molar refractivity (Wildman–Crippen MR) is 87.3 cm³/mol. The zero-order valence-corrected chi connectivity index (χ0v) is 14.2. The van der Waals surface area contributed by atoms with E-state index in [1.54, 1.807) is 13.0 Å². The Morgan fingerprint density at radius 1 is 1.33 bits per heavy atom. The van der Waals surface area contributed by atoms with Gasteiger partial charge in [-0.15, -0.1) is 0 Å². The summed E-state index contributed by atoms with van der Waals surface area (Å²) in [6, 6.07) is 7.75. The standard InChI is InChI=1S/C18H22N2O4/c1-12-4-7-15(13(2)8-12)23-10-17(22)24-9-16(21)20-18(3,11-19)14-5-6-14/h4,7-8,14H,5-6,9-10H2,1-3H3,(H,20,21)/t18-/m1/s1. The Bertz CT molecular complexity index is 676. The van der Waals surface area contributed by atoms with Crippen LogP contribution in [0.2, 0.25) is 0 Å². The molecule has 1 saturated carbocycles. The monoisotopic (exact) mass is 330 g/mol. The molecule has 1 aromatic rings. The van der Waals surface area contributed by atoms with Gasteiger partial charge in [0.05, 0.1) is 6.07 Å². The highest BCUT2D eigenvalue weighted by atomic mass is 16.6. The SMILES string of the molecule is Cc1ccc(OCC(=O)OCC(=O)N[C@](C)(C#N)C2CC2)c(C)c1. The molecule has 1 atom stereocenters. The lowest BCUT2D eigenvalue weighted by Gasteiger charge is -2.22. The molecule has 1 fully saturated rings. The van der Waals surface area contributed by atoms with Crippen molar-refractivity contribution < 1.29 is 19.1 Å². The molecule has 0 radical (unpaired) electrons. The zero-order chi connectivity index (χ0) is 17.7. The quantitative estimate of drug-likeness (QED) is 0.773. The van der Waals surface area contributed by atoms with Gasteiger partial charge >= 0.3 is 5.97 Å². The first kappa shape index (κ1) is 17.8. The second kappa shape index (κ2) is 7.35. The molecule has 0 saturated heterocycles. The molecule has 1 aliphatic carbocycles. The van der Waals surface area contributed by atoms with Gasteiger partial charge in [-0.2, -0.15) is 5.26 Å². The molecule has 0 aliphatic heterocycles. The summed E-state index contributed by atoms with van der Waals surface area (Å²) in [6.07, 6.45) is 1.85. The summed E-state index contributed by atoms with van der Waals surface area (Å²) in [7, 11) is 0. The van der Waals surface area contributed by atoms with Gasteiger partial charge in [0.1, 0.15) is 11.3 Å². The van der Waals surface area contributed by atoms with Gasteiger partial charge in [0.25, 0.3) is 5.91 Å². The van der Waals surface area contributed by atoms with Gasteiger partial charge in [-0.3, -0.25) is 4.79 Å².